The molecule has 0 fully saturated rings. The molecule has 0 radical (unpaired) electrons. The third-order valence-electron chi connectivity index (χ3n) is 2.69. The average Bonchev–Trinajstić information content (AvgIpc) is 2.22. The Bertz CT molecular complexity index is 353. The number of β-amino-alcohol motifs (C(OH)–C–C–N with tert-alkyl or cyclic N) is 1. The summed E-state index contributed by atoms with van der Waals surface area (Å²) in [6.45, 7) is 3.66. The van der Waals surface area contributed by atoms with Crippen LogP contribution in [-0.4, -0.2) is 24.3 Å². The van der Waals surface area contributed by atoms with E-state index in [0.717, 1.165) is 13.0 Å². The van der Waals surface area contributed by atoms with Crippen LogP contribution in [-0.2, 0) is 6.42 Å². The van der Waals surface area contributed by atoms with Crippen LogP contribution in [0.1, 0.15) is 11.1 Å². The number of hydrogen-bond donors (Lipinski definition) is 2. The smallest absolute Gasteiger partial charge is 0.0848 e. The summed E-state index contributed by atoms with van der Waals surface area (Å²) in [6, 6.07) is 8.56. The summed E-state index contributed by atoms with van der Waals surface area (Å²) in [7, 11) is 0. The summed E-state index contributed by atoms with van der Waals surface area (Å²) >= 11 is 0. The largest absolute Gasteiger partial charge is 0.388 e. The molecule has 1 heterocycles. The first kappa shape index (κ1) is 10.4. The zero-order valence-corrected chi connectivity index (χ0v) is 9.03. The highest BCUT2D eigenvalue weighted by Gasteiger charge is 2.09. The maximum absolute atomic E-state index is 9.46. The molecule has 0 spiro atoms. The molecule has 15 heavy (non-hydrogen) atoms. The van der Waals surface area contributed by atoms with Crippen molar-refractivity contribution in [1.29, 1.82) is 0 Å². The quantitative estimate of drug-likeness (QED) is 0.713. The van der Waals surface area contributed by atoms with E-state index in [4.69, 9.17) is 0 Å². The van der Waals surface area contributed by atoms with E-state index in [1.54, 1.807) is 0 Å². The van der Waals surface area contributed by atoms with Crippen molar-refractivity contribution in [3.05, 3.63) is 47.0 Å². The molecule has 80 valence electrons. The molecular weight excluding hydrogens is 186 g/mol. The molecule has 0 aromatic heterocycles. The van der Waals surface area contributed by atoms with Gasteiger partial charge in [-0.1, -0.05) is 41.5 Å². The topological polar surface area (TPSA) is 32.3 Å². The minimum absolute atomic E-state index is 0.320. The van der Waals surface area contributed by atoms with Gasteiger partial charge in [0.15, 0.2) is 0 Å². The second-order valence-electron chi connectivity index (χ2n) is 4.19. The van der Waals surface area contributed by atoms with E-state index in [0.29, 0.717) is 6.54 Å². The average molecular weight is 203 g/mol. The highest BCUT2D eigenvalue weighted by molar-refractivity contribution is 5.27. The summed E-state index contributed by atoms with van der Waals surface area (Å²) in [5, 5.41) is 12.7. The normalized spacial score (nSPS) is 21.2. The van der Waals surface area contributed by atoms with Crippen molar-refractivity contribution >= 4 is 0 Å². The Hall–Kier alpha value is -1.12. The van der Waals surface area contributed by atoms with Crippen LogP contribution in [0, 0.1) is 6.92 Å². The molecule has 2 N–H and O–H groups in total. The van der Waals surface area contributed by atoms with Gasteiger partial charge in [0.2, 0.25) is 0 Å². The summed E-state index contributed by atoms with van der Waals surface area (Å²) in [6.07, 6.45) is 2.58. The second kappa shape index (κ2) is 4.60. The van der Waals surface area contributed by atoms with Crippen molar-refractivity contribution in [2.45, 2.75) is 19.4 Å². The molecule has 2 rings (SSSR count). The van der Waals surface area contributed by atoms with Gasteiger partial charge < -0.3 is 10.4 Å². The van der Waals surface area contributed by atoms with Crippen LogP contribution >= 0.6 is 0 Å². The Morgan fingerprint density at radius 3 is 2.73 bits per heavy atom. The van der Waals surface area contributed by atoms with E-state index in [9.17, 15) is 5.11 Å². The van der Waals surface area contributed by atoms with E-state index in [-0.39, 0.29) is 6.10 Å². The summed E-state index contributed by atoms with van der Waals surface area (Å²) in [5.41, 5.74) is 3.87. The number of hydrogen-bond acceptors (Lipinski definition) is 2. The van der Waals surface area contributed by atoms with Gasteiger partial charge in [-0.05, 0) is 18.9 Å². The fourth-order valence-electron chi connectivity index (χ4n) is 1.86. The van der Waals surface area contributed by atoms with Crippen LogP contribution in [0.5, 0.6) is 0 Å². The van der Waals surface area contributed by atoms with E-state index in [1.807, 2.05) is 6.08 Å². The fourth-order valence-corrected chi connectivity index (χ4v) is 1.86. The molecule has 0 bridgehead atoms. The van der Waals surface area contributed by atoms with Gasteiger partial charge in [0.05, 0.1) is 6.10 Å². The third kappa shape index (κ3) is 2.91. The van der Waals surface area contributed by atoms with E-state index in [2.05, 4.69) is 36.5 Å². The molecule has 1 aromatic rings. The number of aliphatic hydroxyl groups is 1. The van der Waals surface area contributed by atoms with Crippen LogP contribution in [0.4, 0.5) is 0 Å². The molecule has 0 saturated heterocycles. The third-order valence-corrected chi connectivity index (χ3v) is 2.69. The van der Waals surface area contributed by atoms with Gasteiger partial charge in [-0.15, -0.1) is 0 Å². The monoisotopic (exact) mass is 203 g/mol. The molecule has 1 unspecified atom stereocenters. The number of benzene rings is 1. The number of nitrogens with one attached hydrogen (secondary N) is 1. The first-order chi connectivity index (χ1) is 7.24. The lowest BCUT2D eigenvalue weighted by Crippen LogP contribution is -2.32. The lowest BCUT2D eigenvalue weighted by molar-refractivity contribution is 0.213. The first-order valence-corrected chi connectivity index (χ1v) is 5.38. The number of aliphatic hydroxyl groups excluding tert-OH is 1. The Labute approximate surface area is 90.6 Å². The maximum atomic E-state index is 9.46. The molecular formula is C13H17NO. The zero-order valence-electron chi connectivity index (χ0n) is 9.03. The van der Waals surface area contributed by atoms with Gasteiger partial charge in [0.25, 0.3) is 0 Å². The van der Waals surface area contributed by atoms with Crippen LogP contribution in [0.2, 0.25) is 0 Å². The Balaban J connectivity index is 2.05. The Kier molecular flexibility index (Phi) is 3.19. The molecule has 2 nitrogen and oxygen atoms in total. The molecule has 0 amide bonds. The highest BCUT2D eigenvalue weighted by atomic mass is 16.3. The molecule has 0 saturated carbocycles. The van der Waals surface area contributed by atoms with E-state index >= 15 is 0 Å². The predicted octanol–water partition coefficient (Wildman–Crippen LogP) is 1.43. The lowest BCUT2D eigenvalue weighted by atomic mass is 10.0. The standard InChI is InChI=1S/C13H17NO/c1-10-2-4-11(5-3-10)6-12-7-13(15)9-14-8-12/h2-5,7,13-15H,6,8-9H2,1H3. The van der Waals surface area contributed by atoms with Gasteiger partial charge in [-0.3, -0.25) is 0 Å². The predicted molar refractivity (Wildman–Crippen MR) is 61.8 cm³/mol. The van der Waals surface area contributed by atoms with Crippen molar-refractivity contribution in [3.8, 4) is 0 Å². The van der Waals surface area contributed by atoms with Crippen LogP contribution in [0.25, 0.3) is 0 Å². The van der Waals surface area contributed by atoms with Crippen molar-refractivity contribution in [1.82, 2.24) is 5.32 Å². The SMILES string of the molecule is Cc1ccc(CC2=CC(O)CNC2)cc1. The van der Waals surface area contributed by atoms with Crippen molar-refractivity contribution < 1.29 is 5.11 Å². The van der Waals surface area contributed by atoms with Crippen molar-refractivity contribution in [2.75, 3.05) is 13.1 Å². The van der Waals surface area contributed by atoms with Crippen LogP contribution in [0.3, 0.4) is 0 Å². The molecule has 1 atom stereocenters. The van der Waals surface area contributed by atoms with Crippen molar-refractivity contribution in [2.24, 2.45) is 0 Å². The maximum Gasteiger partial charge on any atom is 0.0848 e. The summed E-state index contributed by atoms with van der Waals surface area (Å²) in [4.78, 5) is 0. The van der Waals surface area contributed by atoms with Gasteiger partial charge in [-0.2, -0.15) is 0 Å². The summed E-state index contributed by atoms with van der Waals surface area (Å²) in [5.74, 6) is 0. The minimum Gasteiger partial charge on any atom is -0.388 e. The van der Waals surface area contributed by atoms with Crippen molar-refractivity contribution in [3.63, 3.8) is 0 Å². The van der Waals surface area contributed by atoms with Gasteiger partial charge in [0.1, 0.15) is 0 Å². The minimum atomic E-state index is -0.320. The van der Waals surface area contributed by atoms with Gasteiger partial charge in [0, 0.05) is 13.1 Å². The van der Waals surface area contributed by atoms with Crippen LogP contribution in [0.15, 0.2) is 35.9 Å². The zero-order chi connectivity index (χ0) is 10.7. The van der Waals surface area contributed by atoms with E-state index in [1.165, 1.54) is 16.7 Å². The molecule has 1 aliphatic heterocycles. The van der Waals surface area contributed by atoms with Gasteiger partial charge >= 0.3 is 0 Å². The first-order valence-electron chi connectivity index (χ1n) is 5.38. The molecule has 1 aliphatic rings. The molecule has 0 aliphatic carbocycles. The molecule has 1 aromatic carbocycles. The fraction of sp³-hybridized carbons (Fsp3) is 0.385. The van der Waals surface area contributed by atoms with Gasteiger partial charge in [-0.25, -0.2) is 0 Å². The number of rotatable bonds is 2. The molecule has 2 heteroatoms. The van der Waals surface area contributed by atoms with Crippen LogP contribution < -0.4 is 5.32 Å². The lowest BCUT2D eigenvalue weighted by Gasteiger charge is -2.18. The Morgan fingerprint density at radius 2 is 2.07 bits per heavy atom. The Morgan fingerprint density at radius 1 is 1.33 bits per heavy atom. The summed E-state index contributed by atoms with van der Waals surface area (Å²) < 4.78 is 0. The second-order valence-corrected chi connectivity index (χ2v) is 4.19. The highest BCUT2D eigenvalue weighted by Crippen LogP contribution is 2.11. The number of aryl methyl sites for hydroxylation is 1. The van der Waals surface area contributed by atoms with E-state index < -0.39 is 0 Å².